The smallest absolute Gasteiger partial charge is 0.251 e. The average molecular weight is 312 g/mol. The maximum atomic E-state index is 12.0. The molecule has 0 saturated heterocycles. The van der Waals surface area contributed by atoms with Gasteiger partial charge in [-0.25, -0.2) is 0 Å². The monoisotopic (exact) mass is 312 g/mol. The fraction of sp³-hybridized carbons (Fsp3) is 0.176. The third-order valence-electron chi connectivity index (χ3n) is 3.25. The molecule has 2 amide bonds. The molecule has 1 fully saturated rings. The molecule has 0 bridgehead atoms. The first kappa shape index (κ1) is 14.5. The number of carbonyl (C=O) groups excluding carboxylic acids is 2. The maximum Gasteiger partial charge on any atom is 0.251 e. The topological polar surface area (TPSA) is 58.2 Å². The van der Waals surface area contributed by atoms with Crippen LogP contribution in [0.3, 0.4) is 0 Å². The zero-order valence-electron chi connectivity index (χ0n) is 11.9. The predicted molar refractivity (Wildman–Crippen MR) is 88.9 cm³/mol. The highest BCUT2D eigenvalue weighted by molar-refractivity contribution is 7.10. The lowest BCUT2D eigenvalue weighted by atomic mass is 10.2. The molecule has 0 spiro atoms. The molecule has 1 aromatic heterocycles. The Kier molecular flexibility index (Phi) is 4.34. The van der Waals surface area contributed by atoms with E-state index in [2.05, 4.69) is 10.6 Å². The van der Waals surface area contributed by atoms with Crippen LogP contribution in [0.15, 0.2) is 47.9 Å². The SMILES string of the molecule is O=C(C=Cc1cccs1)Nc1cccc(C(=O)NC2CC2)c1. The Labute approximate surface area is 132 Å². The second kappa shape index (κ2) is 6.58. The lowest BCUT2D eigenvalue weighted by Gasteiger charge is -2.06. The summed E-state index contributed by atoms with van der Waals surface area (Å²) in [7, 11) is 0. The summed E-state index contributed by atoms with van der Waals surface area (Å²) < 4.78 is 0. The molecule has 4 nitrogen and oxygen atoms in total. The van der Waals surface area contributed by atoms with Gasteiger partial charge in [0.15, 0.2) is 0 Å². The fourth-order valence-electron chi connectivity index (χ4n) is 1.96. The molecular formula is C17H16N2O2S. The predicted octanol–water partition coefficient (Wildman–Crippen LogP) is 3.29. The minimum Gasteiger partial charge on any atom is -0.349 e. The molecule has 0 atom stereocenters. The Hall–Kier alpha value is -2.40. The van der Waals surface area contributed by atoms with E-state index in [1.807, 2.05) is 17.5 Å². The van der Waals surface area contributed by atoms with E-state index in [1.165, 1.54) is 6.08 Å². The molecule has 3 rings (SSSR count). The van der Waals surface area contributed by atoms with E-state index in [0.29, 0.717) is 17.3 Å². The fourth-order valence-corrected chi connectivity index (χ4v) is 2.58. The number of rotatable bonds is 5. The van der Waals surface area contributed by atoms with Gasteiger partial charge in [-0.05, 0) is 48.6 Å². The molecule has 1 heterocycles. The molecule has 112 valence electrons. The first-order chi connectivity index (χ1) is 10.7. The van der Waals surface area contributed by atoms with Gasteiger partial charge in [0.05, 0.1) is 0 Å². The van der Waals surface area contributed by atoms with Crippen LogP contribution in [0.25, 0.3) is 6.08 Å². The van der Waals surface area contributed by atoms with Crippen LogP contribution in [0.2, 0.25) is 0 Å². The van der Waals surface area contributed by atoms with Crippen LogP contribution in [-0.4, -0.2) is 17.9 Å². The van der Waals surface area contributed by atoms with Gasteiger partial charge in [-0.15, -0.1) is 11.3 Å². The van der Waals surface area contributed by atoms with Crippen molar-refractivity contribution in [2.24, 2.45) is 0 Å². The number of hydrogen-bond donors (Lipinski definition) is 2. The summed E-state index contributed by atoms with van der Waals surface area (Å²) in [6.07, 6.45) is 5.36. The van der Waals surface area contributed by atoms with Crippen LogP contribution in [0, 0.1) is 0 Å². The van der Waals surface area contributed by atoms with Gasteiger partial charge in [-0.2, -0.15) is 0 Å². The standard InChI is InChI=1S/C17H16N2O2S/c20-16(9-8-15-5-2-10-22-15)18-14-4-1-3-12(11-14)17(21)19-13-6-7-13/h1-5,8-11,13H,6-7H2,(H,18,20)(H,19,21). The van der Waals surface area contributed by atoms with Crippen molar-refractivity contribution < 1.29 is 9.59 Å². The summed E-state index contributed by atoms with van der Waals surface area (Å²) in [6, 6.07) is 11.2. The van der Waals surface area contributed by atoms with Crippen molar-refractivity contribution in [3.05, 3.63) is 58.3 Å². The van der Waals surface area contributed by atoms with Crippen molar-refractivity contribution >= 4 is 34.9 Å². The Morgan fingerprint density at radius 2 is 2.05 bits per heavy atom. The van der Waals surface area contributed by atoms with Gasteiger partial charge in [-0.1, -0.05) is 12.1 Å². The van der Waals surface area contributed by atoms with E-state index in [0.717, 1.165) is 17.7 Å². The minimum atomic E-state index is -0.215. The molecule has 1 aromatic carbocycles. The van der Waals surface area contributed by atoms with E-state index >= 15 is 0 Å². The van der Waals surface area contributed by atoms with Crippen LogP contribution < -0.4 is 10.6 Å². The lowest BCUT2D eigenvalue weighted by molar-refractivity contribution is -0.111. The summed E-state index contributed by atoms with van der Waals surface area (Å²) in [5.74, 6) is -0.305. The summed E-state index contributed by atoms with van der Waals surface area (Å²) in [5, 5.41) is 7.66. The van der Waals surface area contributed by atoms with Crippen LogP contribution in [0.1, 0.15) is 28.1 Å². The summed E-state index contributed by atoms with van der Waals surface area (Å²) in [4.78, 5) is 24.9. The number of thiophene rings is 1. The van der Waals surface area contributed by atoms with Crippen LogP contribution >= 0.6 is 11.3 Å². The quantitative estimate of drug-likeness (QED) is 0.832. The molecule has 5 heteroatoms. The van der Waals surface area contributed by atoms with E-state index in [4.69, 9.17) is 0 Å². The number of benzene rings is 1. The second-order valence-corrected chi connectivity index (χ2v) is 6.15. The van der Waals surface area contributed by atoms with Crippen molar-refractivity contribution in [1.29, 1.82) is 0 Å². The molecule has 0 aliphatic heterocycles. The third kappa shape index (κ3) is 4.05. The zero-order chi connectivity index (χ0) is 15.4. The largest absolute Gasteiger partial charge is 0.349 e. The molecule has 2 aromatic rings. The van der Waals surface area contributed by atoms with Gasteiger partial charge in [0.2, 0.25) is 5.91 Å². The Morgan fingerprint density at radius 1 is 1.18 bits per heavy atom. The molecular weight excluding hydrogens is 296 g/mol. The van der Waals surface area contributed by atoms with Crippen LogP contribution in [0.4, 0.5) is 5.69 Å². The summed E-state index contributed by atoms with van der Waals surface area (Å²) in [6.45, 7) is 0. The van der Waals surface area contributed by atoms with Crippen molar-refractivity contribution in [3.8, 4) is 0 Å². The number of carbonyl (C=O) groups is 2. The highest BCUT2D eigenvalue weighted by atomic mass is 32.1. The number of nitrogens with one attached hydrogen (secondary N) is 2. The molecule has 1 aliphatic carbocycles. The highest BCUT2D eigenvalue weighted by Crippen LogP contribution is 2.20. The van der Waals surface area contributed by atoms with Crippen LogP contribution in [0.5, 0.6) is 0 Å². The van der Waals surface area contributed by atoms with E-state index in [9.17, 15) is 9.59 Å². The van der Waals surface area contributed by atoms with Crippen molar-refractivity contribution in [3.63, 3.8) is 0 Å². The van der Waals surface area contributed by atoms with Gasteiger partial charge < -0.3 is 10.6 Å². The van der Waals surface area contributed by atoms with Crippen molar-refractivity contribution in [1.82, 2.24) is 5.32 Å². The van der Waals surface area contributed by atoms with Crippen molar-refractivity contribution in [2.45, 2.75) is 18.9 Å². The van der Waals surface area contributed by atoms with E-state index < -0.39 is 0 Å². The minimum absolute atomic E-state index is 0.0901. The van der Waals surface area contributed by atoms with Gasteiger partial charge in [0.1, 0.15) is 0 Å². The molecule has 22 heavy (non-hydrogen) atoms. The first-order valence-corrected chi connectivity index (χ1v) is 8.02. The molecule has 2 N–H and O–H groups in total. The maximum absolute atomic E-state index is 12.0. The highest BCUT2D eigenvalue weighted by Gasteiger charge is 2.23. The Balaban J connectivity index is 1.61. The first-order valence-electron chi connectivity index (χ1n) is 7.14. The van der Waals surface area contributed by atoms with E-state index in [-0.39, 0.29) is 11.8 Å². The number of amides is 2. The summed E-state index contributed by atoms with van der Waals surface area (Å²) in [5.41, 5.74) is 1.18. The number of anilines is 1. The zero-order valence-corrected chi connectivity index (χ0v) is 12.7. The molecule has 0 unspecified atom stereocenters. The lowest BCUT2D eigenvalue weighted by Crippen LogP contribution is -2.25. The van der Waals surface area contributed by atoms with Gasteiger partial charge in [-0.3, -0.25) is 9.59 Å². The third-order valence-corrected chi connectivity index (χ3v) is 4.08. The van der Waals surface area contributed by atoms with Crippen molar-refractivity contribution in [2.75, 3.05) is 5.32 Å². The second-order valence-electron chi connectivity index (χ2n) is 5.17. The molecule has 0 radical (unpaired) electrons. The Bertz CT molecular complexity index is 703. The number of hydrogen-bond acceptors (Lipinski definition) is 3. The van der Waals surface area contributed by atoms with E-state index in [1.54, 1.807) is 41.7 Å². The van der Waals surface area contributed by atoms with Gasteiger partial charge in [0.25, 0.3) is 5.91 Å². The molecule has 1 aliphatic rings. The summed E-state index contributed by atoms with van der Waals surface area (Å²) >= 11 is 1.57. The van der Waals surface area contributed by atoms with Gasteiger partial charge >= 0.3 is 0 Å². The van der Waals surface area contributed by atoms with Crippen LogP contribution in [-0.2, 0) is 4.79 Å². The normalized spacial score (nSPS) is 14.0. The molecule has 1 saturated carbocycles. The average Bonchev–Trinajstić information content (AvgIpc) is 3.17. The Morgan fingerprint density at radius 3 is 2.77 bits per heavy atom. The van der Waals surface area contributed by atoms with Gasteiger partial charge in [0, 0.05) is 28.2 Å².